The minimum atomic E-state index is -4.40. The summed E-state index contributed by atoms with van der Waals surface area (Å²) in [4.78, 5) is 35.5. The van der Waals surface area contributed by atoms with Gasteiger partial charge in [-0.2, -0.15) is 0 Å². The molecule has 9 nitrogen and oxygen atoms in total. The molecule has 0 bridgehead atoms. The molecule has 2 unspecified atom stereocenters. The van der Waals surface area contributed by atoms with Crippen molar-refractivity contribution in [3.8, 4) is 0 Å². The number of allylic oxidation sites excluding steroid dienone is 16. The van der Waals surface area contributed by atoms with Crippen molar-refractivity contribution in [1.29, 1.82) is 0 Å². The fourth-order valence-electron chi connectivity index (χ4n) is 12.0. The fourth-order valence-corrected chi connectivity index (χ4v) is 12.8. The van der Waals surface area contributed by atoms with Gasteiger partial charge in [-0.1, -0.05) is 406 Å². The first-order chi connectivity index (χ1) is 46.8. The van der Waals surface area contributed by atoms with Crippen molar-refractivity contribution >= 4 is 19.8 Å². The summed E-state index contributed by atoms with van der Waals surface area (Å²) in [6.07, 6.45) is 110. The zero-order valence-corrected chi connectivity index (χ0v) is 63.3. The molecule has 0 saturated heterocycles. The van der Waals surface area contributed by atoms with Crippen LogP contribution in [0, 0.1) is 0 Å². The molecule has 0 fully saturated rings. The Kier molecular flexibility index (Phi) is 77.3. The Bertz CT molecular complexity index is 1890. The molecule has 2 atom stereocenters. The van der Waals surface area contributed by atoms with E-state index in [9.17, 15) is 19.0 Å². The SMILES string of the molecule is CC/C=C\C/C=C\C/C=C\C/C=C\C/C=C\C/C=C\C/C=C\C/C=C\CCCCCCCCCCCCCCCCC(=O)OC(COC(=O)CCCCCCCCCCCCCCCCCCCCCCCCCCCCCCCCCCCCC)COP(=O)(O)OCCN. The van der Waals surface area contributed by atoms with Gasteiger partial charge in [0.1, 0.15) is 6.61 Å². The third-order valence-electron chi connectivity index (χ3n) is 18.0. The maximum absolute atomic E-state index is 12.8. The van der Waals surface area contributed by atoms with Crippen LogP contribution in [0.1, 0.15) is 399 Å². The van der Waals surface area contributed by atoms with E-state index in [1.165, 1.54) is 276 Å². The Morgan fingerprint density at radius 3 is 0.863 bits per heavy atom. The number of rotatable bonds is 77. The van der Waals surface area contributed by atoms with Gasteiger partial charge in [0.05, 0.1) is 13.2 Å². The van der Waals surface area contributed by atoms with Crippen LogP contribution in [-0.4, -0.2) is 49.3 Å². The number of esters is 2. The Hall–Kier alpha value is -3.07. The van der Waals surface area contributed by atoms with Gasteiger partial charge in [0.2, 0.25) is 0 Å². The van der Waals surface area contributed by atoms with E-state index in [2.05, 4.69) is 111 Å². The highest BCUT2D eigenvalue weighted by molar-refractivity contribution is 7.47. The van der Waals surface area contributed by atoms with Crippen molar-refractivity contribution in [3.63, 3.8) is 0 Å². The highest BCUT2D eigenvalue weighted by Crippen LogP contribution is 2.43. The van der Waals surface area contributed by atoms with E-state index in [4.69, 9.17) is 24.3 Å². The van der Waals surface area contributed by atoms with Gasteiger partial charge in [-0.05, 0) is 77.0 Å². The van der Waals surface area contributed by atoms with Crippen LogP contribution in [0.5, 0.6) is 0 Å². The predicted molar refractivity (Wildman–Crippen MR) is 413 cm³/mol. The second kappa shape index (κ2) is 79.9. The molecule has 0 spiro atoms. The molecule has 10 heteroatoms. The molecule has 3 N–H and O–H groups in total. The van der Waals surface area contributed by atoms with Crippen molar-refractivity contribution < 1.29 is 37.6 Å². The Balaban J connectivity index is 3.80. The van der Waals surface area contributed by atoms with E-state index in [0.29, 0.717) is 6.42 Å². The number of phosphoric ester groups is 1. The van der Waals surface area contributed by atoms with Crippen molar-refractivity contribution in [2.45, 2.75) is 405 Å². The molecule has 552 valence electrons. The predicted octanol–water partition coefficient (Wildman–Crippen LogP) is 27.4. The summed E-state index contributed by atoms with van der Waals surface area (Å²) in [5.74, 6) is -0.812. The van der Waals surface area contributed by atoms with E-state index in [1.54, 1.807) is 0 Å². The molecule has 0 aromatic carbocycles. The van der Waals surface area contributed by atoms with Gasteiger partial charge < -0.3 is 20.1 Å². The lowest BCUT2D eigenvalue weighted by molar-refractivity contribution is -0.161. The number of carbonyl (C=O) groups excluding carboxylic acids is 2. The maximum Gasteiger partial charge on any atom is 0.472 e. The molecule has 0 aromatic rings. The van der Waals surface area contributed by atoms with Gasteiger partial charge in [-0.3, -0.25) is 18.6 Å². The lowest BCUT2D eigenvalue weighted by Gasteiger charge is -2.19. The molecule has 0 amide bonds. The van der Waals surface area contributed by atoms with Gasteiger partial charge >= 0.3 is 19.8 Å². The van der Waals surface area contributed by atoms with E-state index in [-0.39, 0.29) is 38.6 Å². The van der Waals surface area contributed by atoms with Crippen molar-refractivity contribution in [3.05, 3.63) is 97.2 Å². The summed E-state index contributed by atoms with van der Waals surface area (Å²) in [6.45, 7) is 3.69. The van der Waals surface area contributed by atoms with Crippen LogP contribution in [0.15, 0.2) is 97.2 Å². The summed E-state index contributed by atoms with van der Waals surface area (Å²) in [6, 6.07) is 0. The van der Waals surface area contributed by atoms with Crippen LogP contribution in [0.3, 0.4) is 0 Å². The third-order valence-corrected chi connectivity index (χ3v) is 19.0. The average Bonchev–Trinajstić information content (AvgIpc) is 3.16. The second-order valence-electron chi connectivity index (χ2n) is 27.3. The van der Waals surface area contributed by atoms with Crippen molar-refractivity contribution in [1.82, 2.24) is 0 Å². The van der Waals surface area contributed by atoms with Crippen molar-refractivity contribution in [2.75, 3.05) is 26.4 Å². The standard InChI is InChI=1S/C85H154NO8P/c1-3-5-7-9-11-13-15-17-19-21-23-25-27-29-31-33-35-37-39-40-41-42-44-46-48-50-52-54-56-58-60-62-64-66-68-70-72-74-76-78-85(88)94-83(82-93-95(89,90)92-80-79-86)81-91-84(87)77-75-73-71-69-67-65-63-61-59-57-55-53-51-49-47-45-43-38-36-34-32-30-28-26-24-22-20-18-16-14-12-10-8-6-4-2/h5,7,11,13,17,19,23,25,29,31,35,37,40-41,44,46,83H,3-4,6,8-10,12,14-16,18,20-22,24,26-28,30,32-34,36,38-39,42-43,45,47-82,86H2,1-2H3,(H,89,90)/b7-5-,13-11-,19-17-,25-23-,31-29-,37-35-,41-40-,46-44-. The smallest absolute Gasteiger partial charge is 0.462 e. The Morgan fingerprint density at radius 2 is 0.579 bits per heavy atom. The topological polar surface area (TPSA) is 134 Å². The first-order valence-electron chi connectivity index (χ1n) is 40.7. The lowest BCUT2D eigenvalue weighted by atomic mass is 10.0. The van der Waals surface area contributed by atoms with Gasteiger partial charge in [0, 0.05) is 19.4 Å². The van der Waals surface area contributed by atoms with Crippen LogP contribution >= 0.6 is 7.82 Å². The highest BCUT2D eigenvalue weighted by Gasteiger charge is 2.26. The van der Waals surface area contributed by atoms with Crippen LogP contribution in [0.25, 0.3) is 0 Å². The summed E-state index contributed by atoms with van der Waals surface area (Å²) < 4.78 is 33.3. The minimum Gasteiger partial charge on any atom is -0.462 e. The monoisotopic (exact) mass is 1350 g/mol. The summed E-state index contributed by atoms with van der Waals surface area (Å²) >= 11 is 0. The molecule has 0 aromatic heterocycles. The fraction of sp³-hybridized carbons (Fsp3) is 0.788. The van der Waals surface area contributed by atoms with Gasteiger partial charge in [-0.15, -0.1) is 0 Å². The zero-order valence-electron chi connectivity index (χ0n) is 62.4. The molecule has 0 rings (SSSR count). The molecule has 95 heavy (non-hydrogen) atoms. The number of hydrogen-bond acceptors (Lipinski definition) is 8. The molecule has 0 radical (unpaired) electrons. The molecule has 0 aliphatic heterocycles. The Labute approximate surface area is 588 Å². The first kappa shape index (κ1) is 91.9. The van der Waals surface area contributed by atoms with Crippen LogP contribution in [-0.2, 0) is 32.7 Å². The largest absolute Gasteiger partial charge is 0.472 e. The molecular weight excluding hydrogens is 1190 g/mol. The summed E-state index contributed by atoms with van der Waals surface area (Å²) in [5.41, 5.74) is 5.42. The quantitative estimate of drug-likeness (QED) is 0.0264. The molecule has 0 aliphatic rings. The summed E-state index contributed by atoms with van der Waals surface area (Å²) in [5, 5.41) is 0. The molecule has 0 saturated carbocycles. The number of unbranched alkanes of at least 4 members (excludes halogenated alkanes) is 48. The zero-order chi connectivity index (χ0) is 68.6. The number of phosphoric acid groups is 1. The number of nitrogens with two attached hydrogens (primary N) is 1. The van der Waals surface area contributed by atoms with E-state index in [1.807, 2.05) is 0 Å². The van der Waals surface area contributed by atoms with Crippen LogP contribution in [0.2, 0.25) is 0 Å². The van der Waals surface area contributed by atoms with Crippen LogP contribution < -0.4 is 5.73 Å². The van der Waals surface area contributed by atoms with Crippen LogP contribution in [0.4, 0.5) is 0 Å². The molecular formula is C85H154NO8P. The van der Waals surface area contributed by atoms with E-state index in [0.717, 1.165) is 89.9 Å². The maximum atomic E-state index is 12.8. The van der Waals surface area contributed by atoms with Gasteiger partial charge in [-0.25, -0.2) is 4.57 Å². The van der Waals surface area contributed by atoms with E-state index < -0.39 is 26.5 Å². The summed E-state index contributed by atoms with van der Waals surface area (Å²) in [7, 11) is -4.40. The first-order valence-corrected chi connectivity index (χ1v) is 42.2. The number of ether oxygens (including phenoxy) is 2. The molecule has 0 heterocycles. The van der Waals surface area contributed by atoms with Gasteiger partial charge in [0.25, 0.3) is 0 Å². The van der Waals surface area contributed by atoms with E-state index >= 15 is 0 Å². The lowest BCUT2D eigenvalue weighted by Crippen LogP contribution is -2.29. The van der Waals surface area contributed by atoms with Crippen molar-refractivity contribution in [2.24, 2.45) is 5.73 Å². The minimum absolute atomic E-state index is 0.0525. The Morgan fingerprint density at radius 1 is 0.326 bits per heavy atom. The number of hydrogen-bond donors (Lipinski definition) is 2. The average molecular weight is 1350 g/mol. The highest BCUT2D eigenvalue weighted by atomic mass is 31.2. The third kappa shape index (κ3) is 79.8. The second-order valence-corrected chi connectivity index (χ2v) is 28.7. The van der Waals surface area contributed by atoms with Gasteiger partial charge in [0.15, 0.2) is 6.10 Å². The number of carbonyl (C=O) groups is 2. The molecule has 0 aliphatic carbocycles. The normalized spacial score (nSPS) is 13.3.